The number of aliphatic carboxylic acids is 1. The fourth-order valence-electron chi connectivity index (χ4n) is 3.12. The average Bonchev–Trinajstić information content (AvgIpc) is 2.64. The zero-order valence-electron chi connectivity index (χ0n) is 15.9. The maximum Gasteiger partial charge on any atom is 1.00 e. The third-order valence-corrected chi connectivity index (χ3v) is 4.81. The summed E-state index contributed by atoms with van der Waals surface area (Å²) in [6.07, 6.45) is -0.121. The predicted molar refractivity (Wildman–Crippen MR) is 98.1 cm³/mol. The Labute approximate surface area is 214 Å². The van der Waals surface area contributed by atoms with Crippen molar-refractivity contribution >= 4 is 29.4 Å². The fourth-order valence-corrected chi connectivity index (χ4v) is 3.40. The first-order valence-electron chi connectivity index (χ1n) is 8.59. The largest absolute Gasteiger partial charge is 1.00 e. The van der Waals surface area contributed by atoms with E-state index in [0.29, 0.717) is 17.5 Å². The number of aromatic hydroxyl groups is 1. The second-order valence-corrected chi connectivity index (χ2v) is 6.97. The smallest absolute Gasteiger partial charge is 0.548 e. The summed E-state index contributed by atoms with van der Waals surface area (Å²) in [6, 6.07) is 8.57. The van der Waals surface area contributed by atoms with E-state index in [1.54, 1.807) is 37.3 Å². The van der Waals surface area contributed by atoms with Crippen LogP contribution in [0.5, 0.6) is 5.75 Å². The van der Waals surface area contributed by atoms with Gasteiger partial charge in [-0.05, 0) is 30.5 Å². The van der Waals surface area contributed by atoms with Crippen LogP contribution in [0.1, 0.15) is 38.8 Å². The van der Waals surface area contributed by atoms with Crippen molar-refractivity contribution in [1.29, 1.82) is 0 Å². The molecule has 0 saturated carbocycles. The predicted octanol–water partition coefficient (Wildman–Crippen LogP) is -1.76. The molecular weight excluding hydrogens is 425 g/mol. The van der Waals surface area contributed by atoms with Gasteiger partial charge < -0.3 is 25.1 Å². The number of carbonyl (C=O) groups is 3. The SMILES string of the molecule is CC1Cc2c(Cl)cc(C(=O)NC(Cc3ccccc3)C(=O)[O-])c(O)c2C(=O)O1.[K+]. The van der Waals surface area contributed by atoms with Crippen molar-refractivity contribution in [2.24, 2.45) is 0 Å². The van der Waals surface area contributed by atoms with E-state index in [-0.39, 0.29) is 74.0 Å². The van der Waals surface area contributed by atoms with E-state index in [1.807, 2.05) is 0 Å². The van der Waals surface area contributed by atoms with Gasteiger partial charge in [0.05, 0.1) is 17.6 Å². The van der Waals surface area contributed by atoms with E-state index in [4.69, 9.17) is 16.3 Å². The number of carboxylic acid groups (broad SMARTS) is 1. The Morgan fingerprint density at radius 2 is 2.00 bits per heavy atom. The van der Waals surface area contributed by atoms with Crippen LogP contribution >= 0.6 is 11.6 Å². The molecular formula is C20H17ClKNO6. The molecule has 29 heavy (non-hydrogen) atoms. The van der Waals surface area contributed by atoms with Crippen molar-refractivity contribution in [3.8, 4) is 5.75 Å². The van der Waals surface area contributed by atoms with E-state index in [0.717, 1.165) is 0 Å². The third-order valence-electron chi connectivity index (χ3n) is 4.47. The van der Waals surface area contributed by atoms with Crippen LogP contribution < -0.4 is 61.8 Å². The summed E-state index contributed by atoms with van der Waals surface area (Å²) in [7, 11) is 0. The number of carboxylic acids is 1. The van der Waals surface area contributed by atoms with Crippen LogP contribution in [0.3, 0.4) is 0 Å². The number of benzene rings is 2. The molecule has 0 radical (unpaired) electrons. The zero-order valence-corrected chi connectivity index (χ0v) is 19.8. The van der Waals surface area contributed by atoms with Crippen LogP contribution in [0.25, 0.3) is 0 Å². The second kappa shape index (κ2) is 10.1. The van der Waals surface area contributed by atoms with Crippen molar-refractivity contribution in [2.75, 3.05) is 0 Å². The Kier molecular flexibility index (Phi) is 8.27. The number of ether oxygens (including phenoxy) is 1. The first-order valence-corrected chi connectivity index (χ1v) is 8.96. The fraction of sp³-hybridized carbons (Fsp3) is 0.250. The molecule has 2 atom stereocenters. The van der Waals surface area contributed by atoms with Crippen molar-refractivity contribution in [3.05, 3.63) is 63.7 Å². The van der Waals surface area contributed by atoms with E-state index >= 15 is 0 Å². The number of phenols is 1. The summed E-state index contributed by atoms with van der Waals surface area (Å²) in [6.45, 7) is 1.68. The minimum absolute atomic E-state index is 0. The topological polar surface area (TPSA) is 116 Å². The van der Waals surface area contributed by atoms with Gasteiger partial charge >= 0.3 is 57.4 Å². The summed E-state index contributed by atoms with van der Waals surface area (Å²) in [5, 5.41) is 24.3. The number of amides is 1. The number of esters is 1. The molecule has 1 amide bonds. The molecule has 1 aliphatic rings. The summed E-state index contributed by atoms with van der Waals surface area (Å²) in [5.74, 6) is -3.75. The molecule has 146 valence electrons. The molecule has 0 bridgehead atoms. The molecule has 1 heterocycles. The molecule has 2 N–H and O–H groups in total. The van der Waals surface area contributed by atoms with Crippen LogP contribution in [-0.2, 0) is 22.4 Å². The molecule has 2 unspecified atom stereocenters. The number of nitrogens with one attached hydrogen (secondary N) is 1. The molecule has 2 aromatic carbocycles. The zero-order chi connectivity index (χ0) is 20.4. The summed E-state index contributed by atoms with van der Waals surface area (Å²) >= 11 is 6.20. The van der Waals surface area contributed by atoms with Crippen LogP contribution in [-0.4, -0.2) is 35.1 Å². The van der Waals surface area contributed by atoms with Gasteiger partial charge in [-0.15, -0.1) is 0 Å². The summed E-state index contributed by atoms with van der Waals surface area (Å²) < 4.78 is 5.09. The Morgan fingerprint density at radius 1 is 1.34 bits per heavy atom. The van der Waals surface area contributed by atoms with E-state index < -0.39 is 35.7 Å². The van der Waals surface area contributed by atoms with Gasteiger partial charge in [0.1, 0.15) is 17.4 Å². The molecule has 1 aliphatic heterocycles. The van der Waals surface area contributed by atoms with Crippen molar-refractivity contribution in [1.82, 2.24) is 5.32 Å². The van der Waals surface area contributed by atoms with Gasteiger partial charge in [-0.25, -0.2) is 4.79 Å². The molecule has 0 spiro atoms. The van der Waals surface area contributed by atoms with Gasteiger partial charge in [0.15, 0.2) is 0 Å². The minimum atomic E-state index is -1.48. The Hall–Kier alpha value is -1.42. The minimum Gasteiger partial charge on any atom is -0.548 e. The number of cyclic esters (lactones) is 1. The monoisotopic (exact) mass is 441 g/mol. The van der Waals surface area contributed by atoms with Gasteiger partial charge in [-0.1, -0.05) is 41.9 Å². The number of hydrogen-bond acceptors (Lipinski definition) is 6. The molecule has 0 fully saturated rings. The van der Waals surface area contributed by atoms with E-state index in [9.17, 15) is 24.6 Å². The first-order chi connectivity index (χ1) is 13.3. The number of fused-ring (bicyclic) bond motifs is 1. The van der Waals surface area contributed by atoms with Crippen LogP contribution in [0.15, 0.2) is 36.4 Å². The number of carbonyl (C=O) groups excluding carboxylic acids is 3. The van der Waals surface area contributed by atoms with Crippen LogP contribution in [0.4, 0.5) is 0 Å². The van der Waals surface area contributed by atoms with Gasteiger partial charge in [-0.3, -0.25) is 4.79 Å². The van der Waals surface area contributed by atoms with Gasteiger partial charge in [0.25, 0.3) is 5.91 Å². The third kappa shape index (κ3) is 5.39. The molecule has 2 aromatic rings. The standard InChI is InChI=1S/C20H18ClNO6.K/c1-10-7-12-14(21)9-13(17(23)16(12)20(27)28-10)18(24)22-15(19(25)26)8-11-5-3-2-4-6-11;/h2-6,9-10,15,23H,7-8H2,1H3,(H,22,24)(H,25,26);/q;+1/p-1. The van der Waals surface area contributed by atoms with Crippen LogP contribution in [0, 0.1) is 0 Å². The second-order valence-electron chi connectivity index (χ2n) is 6.56. The number of halogens is 1. The Morgan fingerprint density at radius 3 is 2.62 bits per heavy atom. The van der Waals surface area contributed by atoms with Gasteiger partial charge in [0.2, 0.25) is 0 Å². The number of hydrogen-bond donors (Lipinski definition) is 2. The quantitative estimate of drug-likeness (QED) is 0.419. The maximum absolute atomic E-state index is 12.6. The Balaban J connectivity index is 0.00000300. The molecule has 3 rings (SSSR count). The molecule has 0 aliphatic carbocycles. The van der Waals surface area contributed by atoms with Crippen molar-refractivity contribution < 1.29 is 80.7 Å². The molecule has 0 saturated heterocycles. The Bertz CT molecular complexity index is 950. The van der Waals surface area contributed by atoms with E-state index in [2.05, 4.69) is 5.32 Å². The number of phenolic OH excluding ortho intramolecular Hbond substituents is 1. The average molecular weight is 442 g/mol. The molecule has 0 aromatic heterocycles. The van der Waals surface area contributed by atoms with Gasteiger partial charge in [0, 0.05) is 11.4 Å². The van der Waals surface area contributed by atoms with Crippen LogP contribution in [0.2, 0.25) is 5.02 Å². The first kappa shape index (κ1) is 23.9. The summed E-state index contributed by atoms with van der Waals surface area (Å²) in [5.41, 5.74) is 0.584. The number of rotatable bonds is 5. The summed E-state index contributed by atoms with van der Waals surface area (Å²) in [4.78, 5) is 36.2. The molecule has 9 heteroatoms. The normalized spacial score (nSPS) is 16.1. The van der Waals surface area contributed by atoms with Gasteiger partial charge in [-0.2, -0.15) is 0 Å². The van der Waals surface area contributed by atoms with E-state index in [1.165, 1.54) is 6.07 Å². The van der Waals surface area contributed by atoms with Crippen molar-refractivity contribution in [2.45, 2.75) is 31.9 Å². The maximum atomic E-state index is 12.6. The van der Waals surface area contributed by atoms with Crippen molar-refractivity contribution in [3.63, 3.8) is 0 Å². The molecule has 7 nitrogen and oxygen atoms in total.